The maximum absolute atomic E-state index is 6.27. The van der Waals surface area contributed by atoms with E-state index in [1.807, 2.05) is 0 Å². The molecule has 2 saturated heterocycles. The van der Waals surface area contributed by atoms with Crippen molar-refractivity contribution in [2.75, 3.05) is 135 Å². The van der Waals surface area contributed by atoms with Crippen molar-refractivity contribution in [2.24, 2.45) is 0 Å². The van der Waals surface area contributed by atoms with Gasteiger partial charge in [-0.1, -0.05) is 0 Å². The molecule has 2 unspecified atom stereocenters. The lowest BCUT2D eigenvalue weighted by atomic mass is 10.3. The summed E-state index contributed by atoms with van der Waals surface area (Å²) >= 11 is 0. The summed E-state index contributed by atoms with van der Waals surface area (Å²) in [6.07, 6.45) is 3.21. The van der Waals surface area contributed by atoms with Crippen LogP contribution in [-0.2, 0) is 62.6 Å². The van der Waals surface area contributed by atoms with Crippen LogP contribution in [0.5, 0.6) is 0 Å². The predicted molar refractivity (Wildman–Crippen MR) is 167 cm³/mol. The topological polar surface area (TPSA) is 136 Å². The van der Waals surface area contributed by atoms with Gasteiger partial charge in [-0.15, -0.1) is 0 Å². The average molecular weight is 709 g/mol. The number of hydrogen-bond acceptors (Lipinski definition) is 16. The zero-order valence-electron chi connectivity index (χ0n) is 28.2. The summed E-state index contributed by atoms with van der Waals surface area (Å²) in [6, 6.07) is 0. The Hall–Kier alpha value is 0.228. The average Bonchev–Trinajstić information content (AvgIpc) is 3.07. The van der Waals surface area contributed by atoms with Gasteiger partial charge in [-0.3, -0.25) is 9.80 Å². The SMILES string of the molecule is CO[Si](CN1CC(COCCCCOCC2CN(C[Si](OC)(OC)OC)C[Si](OC)(OC)O2)O[Si](OC)(OC)C1)(OC)OC. The highest BCUT2D eigenvalue weighted by atomic mass is 28.4. The standard InChI is InChI=1S/C24H56N2O14Si4/c1-27-41(28-2,29-3)19-25-15-23(39-43(21-25,33-7)34-8)17-37-13-11-12-14-38-18-24-16-26(20-42(30-4,31-5)32-6)22-44(35-9,36-10)40-24/h23-24H,11-22H2,1-10H3. The molecule has 2 aliphatic rings. The molecule has 0 aliphatic carbocycles. The number of unbranched alkanes of at least 4 members (excludes halogenated alkanes) is 1. The van der Waals surface area contributed by atoms with Crippen LogP contribution < -0.4 is 0 Å². The third kappa shape index (κ3) is 11.4. The molecule has 0 aromatic carbocycles. The molecule has 16 nitrogen and oxygen atoms in total. The van der Waals surface area contributed by atoms with E-state index in [4.69, 9.17) is 62.6 Å². The van der Waals surface area contributed by atoms with Gasteiger partial charge in [0.15, 0.2) is 0 Å². The van der Waals surface area contributed by atoms with Gasteiger partial charge >= 0.3 is 35.2 Å². The van der Waals surface area contributed by atoms with Gasteiger partial charge in [0.2, 0.25) is 0 Å². The Morgan fingerprint density at radius 2 is 0.864 bits per heavy atom. The Labute approximate surface area is 267 Å². The highest BCUT2D eigenvalue weighted by Gasteiger charge is 2.52. The van der Waals surface area contributed by atoms with E-state index in [9.17, 15) is 0 Å². The Morgan fingerprint density at radius 1 is 0.545 bits per heavy atom. The first kappa shape index (κ1) is 40.4. The van der Waals surface area contributed by atoms with Crippen molar-refractivity contribution in [3.8, 4) is 0 Å². The second-order valence-electron chi connectivity index (χ2n) is 10.4. The monoisotopic (exact) mass is 708 g/mol. The molecule has 2 aliphatic heterocycles. The molecule has 0 spiro atoms. The van der Waals surface area contributed by atoms with Gasteiger partial charge in [0, 0.05) is 97.4 Å². The molecular formula is C24H56N2O14Si4. The first-order valence-electron chi connectivity index (χ1n) is 14.6. The maximum Gasteiger partial charge on any atom is 0.515 e. The second kappa shape index (κ2) is 19.9. The molecule has 0 aromatic rings. The predicted octanol–water partition coefficient (Wildman–Crippen LogP) is -0.422. The van der Waals surface area contributed by atoms with Crippen LogP contribution in [0.4, 0.5) is 0 Å². The summed E-state index contributed by atoms with van der Waals surface area (Å²) in [7, 11) is 4.57. The van der Waals surface area contributed by atoms with E-state index in [1.54, 1.807) is 71.1 Å². The quantitative estimate of drug-likeness (QED) is 0.100. The Kier molecular flexibility index (Phi) is 18.3. The maximum atomic E-state index is 6.27. The van der Waals surface area contributed by atoms with Crippen molar-refractivity contribution < 1.29 is 62.6 Å². The van der Waals surface area contributed by atoms with Crippen LogP contribution in [0.3, 0.4) is 0 Å². The summed E-state index contributed by atoms with van der Waals surface area (Å²) < 4.78 is 81.2. The van der Waals surface area contributed by atoms with Crippen LogP contribution in [-0.4, -0.2) is 193 Å². The Morgan fingerprint density at radius 3 is 1.14 bits per heavy atom. The van der Waals surface area contributed by atoms with Gasteiger partial charge in [0.25, 0.3) is 0 Å². The smallest absolute Gasteiger partial charge is 0.379 e. The van der Waals surface area contributed by atoms with Gasteiger partial charge in [0.05, 0.1) is 50.1 Å². The van der Waals surface area contributed by atoms with Crippen LogP contribution in [0.1, 0.15) is 12.8 Å². The Bertz CT molecular complexity index is 703. The fourth-order valence-electron chi connectivity index (χ4n) is 5.21. The molecule has 0 saturated carbocycles. The lowest BCUT2D eigenvalue weighted by Crippen LogP contribution is -2.66. The molecule has 0 N–H and O–H groups in total. The Balaban J connectivity index is 1.78. The van der Waals surface area contributed by atoms with Gasteiger partial charge < -0.3 is 62.6 Å². The first-order valence-corrected chi connectivity index (χ1v) is 22.3. The van der Waals surface area contributed by atoms with E-state index in [1.165, 1.54) is 0 Å². The zero-order valence-corrected chi connectivity index (χ0v) is 32.2. The number of nitrogens with zero attached hydrogens (tertiary/aromatic N) is 2. The van der Waals surface area contributed by atoms with E-state index in [0.29, 0.717) is 64.2 Å². The highest BCUT2D eigenvalue weighted by Crippen LogP contribution is 2.23. The zero-order chi connectivity index (χ0) is 32.7. The minimum absolute atomic E-state index is 0.225. The van der Waals surface area contributed by atoms with Crippen molar-refractivity contribution in [2.45, 2.75) is 25.0 Å². The van der Waals surface area contributed by atoms with Crippen molar-refractivity contribution in [1.82, 2.24) is 9.80 Å². The molecular weight excluding hydrogens is 653 g/mol. The molecule has 2 heterocycles. The van der Waals surface area contributed by atoms with Crippen LogP contribution in [0.15, 0.2) is 0 Å². The number of ether oxygens (including phenoxy) is 2. The molecule has 262 valence electrons. The lowest BCUT2D eigenvalue weighted by molar-refractivity contribution is -0.0488. The normalized spacial score (nSPS) is 23.3. The van der Waals surface area contributed by atoms with Gasteiger partial charge in [-0.25, -0.2) is 0 Å². The molecule has 44 heavy (non-hydrogen) atoms. The van der Waals surface area contributed by atoms with E-state index in [2.05, 4.69) is 9.80 Å². The summed E-state index contributed by atoms with van der Waals surface area (Å²) in [5, 5.41) is 0. The fraction of sp³-hybridized carbons (Fsp3) is 1.00. The fourth-order valence-corrected chi connectivity index (χ4v) is 13.3. The van der Waals surface area contributed by atoms with Crippen molar-refractivity contribution in [1.29, 1.82) is 0 Å². The third-order valence-corrected chi connectivity index (χ3v) is 18.8. The molecule has 0 bridgehead atoms. The third-order valence-electron chi connectivity index (χ3n) is 7.83. The van der Waals surface area contributed by atoms with E-state index < -0.39 is 35.2 Å². The van der Waals surface area contributed by atoms with E-state index in [-0.39, 0.29) is 12.2 Å². The first-order chi connectivity index (χ1) is 21.1. The minimum atomic E-state index is -2.91. The van der Waals surface area contributed by atoms with Crippen LogP contribution >= 0.6 is 0 Å². The lowest BCUT2D eigenvalue weighted by Gasteiger charge is -2.43. The van der Waals surface area contributed by atoms with Crippen LogP contribution in [0.2, 0.25) is 0 Å². The molecule has 20 heteroatoms. The molecule has 0 amide bonds. The molecule has 2 atom stereocenters. The highest BCUT2D eigenvalue weighted by molar-refractivity contribution is 6.63. The molecule has 0 radical (unpaired) electrons. The van der Waals surface area contributed by atoms with Crippen LogP contribution in [0, 0.1) is 0 Å². The molecule has 0 aromatic heterocycles. The molecule has 2 fully saturated rings. The summed E-state index contributed by atoms with van der Waals surface area (Å²) in [4.78, 5) is 4.32. The molecule has 2 rings (SSSR count). The van der Waals surface area contributed by atoms with Crippen molar-refractivity contribution in [3.05, 3.63) is 0 Å². The van der Waals surface area contributed by atoms with Gasteiger partial charge in [-0.05, 0) is 12.8 Å². The summed E-state index contributed by atoms with van der Waals surface area (Å²) in [5.41, 5.74) is 0. The number of hydrogen-bond donors (Lipinski definition) is 0. The van der Waals surface area contributed by atoms with Gasteiger partial charge in [-0.2, -0.15) is 0 Å². The van der Waals surface area contributed by atoms with E-state index in [0.717, 1.165) is 12.8 Å². The summed E-state index contributed by atoms with van der Waals surface area (Å²) in [5.74, 6) is 0. The number of rotatable bonds is 23. The minimum Gasteiger partial charge on any atom is -0.379 e. The van der Waals surface area contributed by atoms with Crippen molar-refractivity contribution in [3.63, 3.8) is 0 Å². The second-order valence-corrected chi connectivity index (χ2v) is 21.7. The largest absolute Gasteiger partial charge is 0.515 e. The van der Waals surface area contributed by atoms with Crippen molar-refractivity contribution >= 4 is 35.2 Å². The summed E-state index contributed by atoms with van der Waals surface area (Å²) in [6.45, 7) is 3.18. The van der Waals surface area contributed by atoms with E-state index >= 15 is 0 Å². The van der Waals surface area contributed by atoms with Gasteiger partial charge in [0.1, 0.15) is 0 Å². The van der Waals surface area contributed by atoms with Crippen LogP contribution in [0.25, 0.3) is 0 Å².